The summed E-state index contributed by atoms with van der Waals surface area (Å²) in [4.78, 5) is 5.65. The molecule has 16 heavy (non-hydrogen) atoms. The standard InChI is InChI=1S/C12H10N2S2/c1-2-10(15-5-1)7-13-9-3-4-12-11(6-9)14-8-16-12/h1-6,8,13H,7H2. The minimum atomic E-state index is 0.882. The first-order valence-corrected chi connectivity index (χ1v) is 6.77. The van der Waals surface area contributed by atoms with E-state index in [0.29, 0.717) is 0 Å². The zero-order chi connectivity index (χ0) is 10.8. The van der Waals surface area contributed by atoms with Gasteiger partial charge in [-0.05, 0) is 29.6 Å². The molecule has 3 rings (SSSR count). The smallest absolute Gasteiger partial charge is 0.0832 e. The van der Waals surface area contributed by atoms with E-state index in [2.05, 4.69) is 46.0 Å². The lowest BCUT2D eigenvalue weighted by atomic mass is 10.3. The monoisotopic (exact) mass is 246 g/mol. The van der Waals surface area contributed by atoms with Gasteiger partial charge in [0.15, 0.2) is 0 Å². The predicted molar refractivity (Wildman–Crippen MR) is 71.3 cm³/mol. The minimum absolute atomic E-state index is 0.882. The Morgan fingerprint density at radius 2 is 2.19 bits per heavy atom. The molecule has 0 aliphatic heterocycles. The van der Waals surface area contributed by atoms with Crippen molar-refractivity contribution in [1.29, 1.82) is 0 Å². The molecule has 0 bridgehead atoms. The topological polar surface area (TPSA) is 24.9 Å². The molecule has 3 aromatic rings. The van der Waals surface area contributed by atoms with Gasteiger partial charge in [-0.1, -0.05) is 6.07 Å². The molecule has 0 amide bonds. The van der Waals surface area contributed by atoms with Crippen LogP contribution in [0.3, 0.4) is 0 Å². The van der Waals surface area contributed by atoms with Crippen LogP contribution in [0.2, 0.25) is 0 Å². The van der Waals surface area contributed by atoms with Crippen LogP contribution in [0.15, 0.2) is 41.2 Å². The molecule has 2 nitrogen and oxygen atoms in total. The lowest BCUT2D eigenvalue weighted by Crippen LogP contribution is -1.96. The SMILES string of the molecule is c1csc(CNc2ccc3scnc3c2)c1. The van der Waals surface area contributed by atoms with Gasteiger partial charge in [0.2, 0.25) is 0 Å². The van der Waals surface area contributed by atoms with Crippen LogP contribution >= 0.6 is 22.7 Å². The second-order valence-corrected chi connectivity index (χ2v) is 5.39. The molecule has 0 atom stereocenters. The van der Waals surface area contributed by atoms with Gasteiger partial charge >= 0.3 is 0 Å². The quantitative estimate of drug-likeness (QED) is 0.756. The molecular weight excluding hydrogens is 236 g/mol. The average molecular weight is 246 g/mol. The highest BCUT2D eigenvalue weighted by Gasteiger charge is 1.99. The summed E-state index contributed by atoms with van der Waals surface area (Å²) < 4.78 is 1.24. The van der Waals surface area contributed by atoms with Crippen LogP contribution in [-0.2, 0) is 6.54 Å². The Hall–Kier alpha value is -1.39. The normalized spacial score (nSPS) is 10.8. The number of benzene rings is 1. The Kier molecular flexibility index (Phi) is 2.60. The van der Waals surface area contributed by atoms with Crippen molar-refractivity contribution in [3.05, 3.63) is 46.1 Å². The molecule has 0 saturated heterocycles. The number of hydrogen-bond acceptors (Lipinski definition) is 4. The van der Waals surface area contributed by atoms with Crippen LogP contribution in [0.1, 0.15) is 4.88 Å². The third-order valence-corrected chi connectivity index (χ3v) is 4.06. The molecule has 2 aromatic heterocycles. The molecule has 1 aromatic carbocycles. The van der Waals surface area contributed by atoms with Gasteiger partial charge in [-0.3, -0.25) is 0 Å². The van der Waals surface area contributed by atoms with Crippen molar-refractivity contribution in [2.24, 2.45) is 0 Å². The highest BCUT2D eigenvalue weighted by Crippen LogP contribution is 2.22. The van der Waals surface area contributed by atoms with E-state index in [0.717, 1.165) is 17.7 Å². The van der Waals surface area contributed by atoms with Crippen molar-refractivity contribution in [2.75, 3.05) is 5.32 Å². The summed E-state index contributed by atoms with van der Waals surface area (Å²) in [5.41, 5.74) is 4.08. The first-order valence-electron chi connectivity index (χ1n) is 5.01. The van der Waals surface area contributed by atoms with Crippen LogP contribution < -0.4 is 5.32 Å². The largest absolute Gasteiger partial charge is 0.380 e. The molecule has 0 radical (unpaired) electrons. The van der Waals surface area contributed by atoms with Gasteiger partial charge < -0.3 is 5.32 Å². The van der Waals surface area contributed by atoms with E-state index in [4.69, 9.17) is 0 Å². The Bertz CT molecular complexity index is 584. The summed E-state index contributed by atoms with van der Waals surface area (Å²) >= 11 is 3.45. The Morgan fingerprint density at radius 3 is 3.06 bits per heavy atom. The van der Waals surface area contributed by atoms with Crippen LogP contribution in [-0.4, -0.2) is 4.98 Å². The fourth-order valence-corrected chi connectivity index (χ4v) is 2.87. The van der Waals surface area contributed by atoms with Crippen molar-refractivity contribution >= 4 is 38.6 Å². The molecule has 0 saturated carbocycles. The van der Waals surface area contributed by atoms with Crippen LogP contribution in [0, 0.1) is 0 Å². The van der Waals surface area contributed by atoms with E-state index in [-0.39, 0.29) is 0 Å². The molecule has 0 aliphatic carbocycles. The molecule has 0 fully saturated rings. The van der Waals surface area contributed by atoms with Crippen LogP contribution in [0.5, 0.6) is 0 Å². The van der Waals surface area contributed by atoms with Gasteiger partial charge in [0.1, 0.15) is 0 Å². The van der Waals surface area contributed by atoms with E-state index in [1.54, 1.807) is 22.7 Å². The van der Waals surface area contributed by atoms with Crippen molar-refractivity contribution < 1.29 is 0 Å². The maximum Gasteiger partial charge on any atom is 0.0832 e. The number of nitrogens with zero attached hydrogens (tertiary/aromatic N) is 1. The Labute approximate surface area is 102 Å². The number of thiophene rings is 1. The molecule has 0 spiro atoms. The molecular formula is C12H10N2S2. The fourth-order valence-electron chi connectivity index (χ4n) is 1.57. The molecule has 0 unspecified atom stereocenters. The minimum Gasteiger partial charge on any atom is -0.380 e. The second-order valence-electron chi connectivity index (χ2n) is 3.47. The third-order valence-electron chi connectivity index (χ3n) is 2.38. The average Bonchev–Trinajstić information content (AvgIpc) is 2.97. The van der Waals surface area contributed by atoms with E-state index in [1.165, 1.54) is 9.58 Å². The third kappa shape index (κ3) is 1.94. The molecule has 80 valence electrons. The lowest BCUT2D eigenvalue weighted by Gasteiger charge is -2.04. The molecule has 4 heteroatoms. The first-order chi connectivity index (χ1) is 7.92. The number of nitrogens with one attached hydrogen (secondary N) is 1. The van der Waals surface area contributed by atoms with Crippen LogP contribution in [0.4, 0.5) is 5.69 Å². The predicted octanol–water partition coefficient (Wildman–Crippen LogP) is 3.97. The maximum absolute atomic E-state index is 4.31. The van der Waals surface area contributed by atoms with Gasteiger partial charge in [-0.25, -0.2) is 4.98 Å². The van der Waals surface area contributed by atoms with Crippen molar-refractivity contribution in [3.63, 3.8) is 0 Å². The number of aromatic nitrogens is 1. The van der Waals surface area contributed by atoms with E-state index < -0.39 is 0 Å². The fraction of sp³-hybridized carbons (Fsp3) is 0.0833. The summed E-state index contributed by atoms with van der Waals surface area (Å²) in [6, 6.07) is 10.5. The summed E-state index contributed by atoms with van der Waals surface area (Å²) in [6.45, 7) is 0.882. The van der Waals surface area contributed by atoms with Crippen molar-refractivity contribution in [2.45, 2.75) is 6.54 Å². The maximum atomic E-state index is 4.31. The summed E-state index contributed by atoms with van der Waals surface area (Å²) in [7, 11) is 0. The summed E-state index contributed by atoms with van der Waals surface area (Å²) in [6.07, 6.45) is 0. The zero-order valence-electron chi connectivity index (χ0n) is 8.51. The van der Waals surface area contributed by atoms with Gasteiger partial charge in [0.25, 0.3) is 0 Å². The molecule has 2 heterocycles. The van der Waals surface area contributed by atoms with Gasteiger partial charge in [-0.2, -0.15) is 0 Å². The summed E-state index contributed by atoms with van der Waals surface area (Å²) in [5.74, 6) is 0. The summed E-state index contributed by atoms with van der Waals surface area (Å²) in [5, 5.41) is 5.50. The Balaban J connectivity index is 1.78. The van der Waals surface area contributed by atoms with Gasteiger partial charge in [0.05, 0.1) is 15.7 Å². The second kappa shape index (κ2) is 4.23. The number of rotatable bonds is 3. The van der Waals surface area contributed by atoms with Crippen molar-refractivity contribution in [1.82, 2.24) is 4.98 Å². The highest BCUT2D eigenvalue weighted by molar-refractivity contribution is 7.16. The van der Waals surface area contributed by atoms with E-state index >= 15 is 0 Å². The lowest BCUT2D eigenvalue weighted by molar-refractivity contribution is 1.19. The van der Waals surface area contributed by atoms with Gasteiger partial charge in [-0.15, -0.1) is 22.7 Å². The Morgan fingerprint density at radius 1 is 1.19 bits per heavy atom. The number of thiazole rings is 1. The van der Waals surface area contributed by atoms with Crippen LogP contribution in [0.25, 0.3) is 10.2 Å². The van der Waals surface area contributed by atoms with Gasteiger partial charge in [0, 0.05) is 17.1 Å². The van der Waals surface area contributed by atoms with E-state index in [1.807, 2.05) is 5.51 Å². The van der Waals surface area contributed by atoms with E-state index in [9.17, 15) is 0 Å². The zero-order valence-corrected chi connectivity index (χ0v) is 10.1. The molecule has 1 N–H and O–H groups in total. The molecule has 0 aliphatic rings. The number of hydrogen-bond donors (Lipinski definition) is 1. The first kappa shape index (κ1) is 9.81. The number of fused-ring (bicyclic) bond motifs is 1. The van der Waals surface area contributed by atoms with Crippen molar-refractivity contribution in [3.8, 4) is 0 Å². The number of anilines is 1. The highest BCUT2D eigenvalue weighted by atomic mass is 32.1.